The van der Waals surface area contributed by atoms with Gasteiger partial charge >= 0.3 is 0 Å². The molecule has 0 aliphatic heterocycles. The molecule has 0 aromatic rings. The lowest BCUT2D eigenvalue weighted by molar-refractivity contribution is 0.0580. The van der Waals surface area contributed by atoms with Crippen molar-refractivity contribution in [3.8, 4) is 0 Å². The molecule has 0 radical (unpaired) electrons. The number of hydrogen-bond donors (Lipinski definition) is 1. The average molecular weight is 218 g/mol. The fourth-order valence-corrected chi connectivity index (χ4v) is 2.59. The molecule has 2 aliphatic rings. The zero-order chi connectivity index (χ0) is 11.4. The third-order valence-corrected chi connectivity index (χ3v) is 3.78. The predicted octanol–water partition coefficient (Wildman–Crippen LogP) is 3.62. The highest BCUT2D eigenvalue weighted by molar-refractivity contribution is 5.13. The molecule has 0 heterocycles. The maximum atomic E-state index is 10.2. The van der Waals surface area contributed by atoms with E-state index >= 15 is 0 Å². The van der Waals surface area contributed by atoms with Crippen LogP contribution in [0.25, 0.3) is 0 Å². The molecule has 1 N–H and O–H groups in total. The van der Waals surface area contributed by atoms with Crippen molar-refractivity contribution >= 4 is 0 Å². The van der Waals surface area contributed by atoms with Crippen LogP contribution < -0.4 is 0 Å². The molecule has 1 nitrogen and oxygen atoms in total. The quantitative estimate of drug-likeness (QED) is 0.702. The largest absolute Gasteiger partial charge is 0.385 e. The highest BCUT2D eigenvalue weighted by Crippen LogP contribution is 2.30. The van der Waals surface area contributed by atoms with Gasteiger partial charge in [-0.25, -0.2) is 0 Å². The first-order valence-corrected chi connectivity index (χ1v) is 6.42. The maximum Gasteiger partial charge on any atom is 0.0862 e. The molecule has 1 heteroatoms. The Morgan fingerprint density at radius 2 is 1.94 bits per heavy atom. The minimum Gasteiger partial charge on any atom is -0.385 e. The molecular weight excluding hydrogens is 196 g/mol. The first-order chi connectivity index (χ1) is 7.68. The third-order valence-electron chi connectivity index (χ3n) is 3.78. The van der Waals surface area contributed by atoms with E-state index < -0.39 is 5.60 Å². The van der Waals surface area contributed by atoms with Crippen LogP contribution in [0, 0.1) is 11.8 Å². The van der Waals surface area contributed by atoms with E-state index in [2.05, 4.69) is 30.4 Å². The van der Waals surface area contributed by atoms with Crippen LogP contribution in [0.2, 0.25) is 0 Å². The van der Waals surface area contributed by atoms with E-state index in [0.29, 0.717) is 11.8 Å². The molecule has 0 saturated heterocycles. The van der Waals surface area contributed by atoms with E-state index in [1.54, 1.807) is 0 Å². The molecular formula is C15H22O. The minimum atomic E-state index is -0.640. The molecule has 0 bridgehead atoms. The van der Waals surface area contributed by atoms with Gasteiger partial charge in [0.15, 0.2) is 0 Å². The van der Waals surface area contributed by atoms with Crippen molar-refractivity contribution in [2.75, 3.05) is 0 Å². The van der Waals surface area contributed by atoms with Gasteiger partial charge in [0.1, 0.15) is 0 Å². The molecule has 0 saturated carbocycles. The van der Waals surface area contributed by atoms with Crippen molar-refractivity contribution < 1.29 is 5.11 Å². The summed E-state index contributed by atoms with van der Waals surface area (Å²) in [6.45, 7) is 1.92. The van der Waals surface area contributed by atoms with Gasteiger partial charge in [-0.15, -0.1) is 0 Å². The second-order valence-electron chi connectivity index (χ2n) is 5.24. The summed E-state index contributed by atoms with van der Waals surface area (Å²) in [4.78, 5) is 0. The molecule has 88 valence electrons. The summed E-state index contributed by atoms with van der Waals surface area (Å²) in [6.07, 6.45) is 18.9. The Morgan fingerprint density at radius 3 is 2.62 bits per heavy atom. The van der Waals surface area contributed by atoms with E-state index in [0.717, 1.165) is 12.8 Å². The Morgan fingerprint density at radius 1 is 1.12 bits per heavy atom. The molecule has 2 rings (SSSR count). The van der Waals surface area contributed by atoms with E-state index in [1.807, 2.05) is 13.0 Å². The van der Waals surface area contributed by atoms with Crippen LogP contribution in [0.1, 0.15) is 39.0 Å². The number of rotatable bonds is 2. The molecule has 0 aromatic heterocycles. The summed E-state index contributed by atoms with van der Waals surface area (Å²) in [5.41, 5.74) is -0.640. The first kappa shape index (κ1) is 11.7. The molecule has 3 atom stereocenters. The first-order valence-electron chi connectivity index (χ1n) is 6.42. The van der Waals surface area contributed by atoms with Gasteiger partial charge in [-0.3, -0.25) is 0 Å². The Bertz CT molecular complexity index is 309. The standard InChI is InChI=1S/C15H22O/c1-15(16)12-6-5-9-14(15)11-10-13-7-3-2-4-8-13/h2-3,6,10-14,16H,4-5,7-9H2,1H3/b11-10+. The summed E-state index contributed by atoms with van der Waals surface area (Å²) in [6, 6.07) is 0. The Kier molecular flexibility index (Phi) is 3.65. The number of aliphatic hydroxyl groups is 1. The Hall–Kier alpha value is -0.820. The molecule has 3 unspecified atom stereocenters. The zero-order valence-corrected chi connectivity index (χ0v) is 10.1. The van der Waals surface area contributed by atoms with Crippen molar-refractivity contribution in [2.24, 2.45) is 11.8 Å². The predicted molar refractivity (Wildman–Crippen MR) is 68.1 cm³/mol. The third kappa shape index (κ3) is 2.85. The van der Waals surface area contributed by atoms with Crippen LogP contribution in [0.3, 0.4) is 0 Å². The molecule has 16 heavy (non-hydrogen) atoms. The van der Waals surface area contributed by atoms with E-state index in [-0.39, 0.29) is 0 Å². The van der Waals surface area contributed by atoms with Crippen molar-refractivity contribution in [3.05, 3.63) is 36.5 Å². The fourth-order valence-electron chi connectivity index (χ4n) is 2.59. The van der Waals surface area contributed by atoms with Crippen LogP contribution >= 0.6 is 0 Å². The Labute approximate surface area is 98.6 Å². The average Bonchev–Trinajstić information content (AvgIpc) is 2.28. The lowest BCUT2D eigenvalue weighted by Gasteiger charge is -2.31. The van der Waals surface area contributed by atoms with Crippen molar-refractivity contribution in [3.63, 3.8) is 0 Å². The van der Waals surface area contributed by atoms with Gasteiger partial charge in [0.2, 0.25) is 0 Å². The number of allylic oxidation sites excluding steroid dienone is 4. The van der Waals surface area contributed by atoms with Gasteiger partial charge in [-0.05, 0) is 44.9 Å². The number of hydrogen-bond acceptors (Lipinski definition) is 1. The summed E-state index contributed by atoms with van der Waals surface area (Å²) < 4.78 is 0. The monoisotopic (exact) mass is 218 g/mol. The van der Waals surface area contributed by atoms with Gasteiger partial charge in [0.05, 0.1) is 5.60 Å². The van der Waals surface area contributed by atoms with Crippen LogP contribution in [0.5, 0.6) is 0 Å². The highest BCUT2D eigenvalue weighted by atomic mass is 16.3. The topological polar surface area (TPSA) is 20.2 Å². The lowest BCUT2D eigenvalue weighted by atomic mass is 9.80. The van der Waals surface area contributed by atoms with Gasteiger partial charge in [-0.1, -0.05) is 36.5 Å². The van der Waals surface area contributed by atoms with Gasteiger partial charge < -0.3 is 5.11 Å². The summed E-state index contributed by atoms with van der Waals surface area (Å²) in [5.74, 6) is 0.982. The fraction of sp³-hybridized carbons (Fsp3) is 0.600. The SMILES string of the molecule is CC1(O)C=CCCC1/C=C/C1CC=CCC1. The van der Waals surface area contributed by atoms with Crippen LogP contribution in [0.4, 0.5) is 0 Å². The Balaban J connectivity index is 1.95. The zero-order valence-electron chi connectivity index (χ0n) is 10.1. The van der Waals surface area contributed by atoms with Crippen LogP contribution in [-0.4, -0.2) is 10.7 Å². The molecule has 0 amide bonds. The minimum absolute atomic E-state index is 0.295. The summed E-state index contributed by atoms with van der Waals surface area (Å²) >= 11 is 0. The van der Waals surface area contributed by atoms with E-state index in [9.17, 15) is 5.11 Å². The lowest BCUT2D eigenvalue weighted by Crippen LogP contribution is -2.33. The van der Waals surface area contributed by atoms with Gasteiger partial charge in [0, 0.05) is 5.92 Å². The van der Waals surface area contributed by atoms with E-state index in [4.69, 9.17) is 0 Å². The highest BCUT2D eigenvalue weighted by Gasteiger charge is 2.28. The maximum absolute atomic E-state index is 10.2. The molecule has 0 aromatic carbocycles. The second-order valence-corrected chi connectivity index (χ2v) is 5.24. The molecule has 0 spiro atoms. The van der Waals surface area contributed by atoms with Crippen LogP contribution in [0.15, 0.2) is 36.5 Å². The molecule has 2 aliphatic carbocycles. The van der Waals surface area contributed by atoms with Crippen molar-refractivity contribution in [1.82, 2.24) is 0 Å². The summed E-state index contributed by atoms with van der Waals surface area (Å²) in [5, 5.41) is 10.2. The second kappa shape index (κ2) is 5.01. The van der Waals surface area contributed by atoms with Crippen molar-refractivity contribution in [1.29, 1.82) is 0 Å². The van der Waals surface area contributed by atoms with Gasteiger partial charge in [-0.2, -0.15) is 0 Å². The smallest absolute Gasteiger partial charge is 0.0862 e. The molecule has 0 fully saturated rings. The van der Waals surface area contributed by atoms with Gasteiger partial charge in [0.25, 0.3) is 0 Å². The van der Waals surface area contributed by atoms with Crippen molar-refractivity contribution in [2.45, 2.75) is 44.6 Å². The normalized spacial score (nSPS) is 39.4. The van der Waals surface area contributed by atoms with Crippen LogP contribution in [-0.2, 0) is 0 Å². The van der Waals surface area contributed by atoms with E-state index in [1.165, 1.54) is 19.3 Å². The summed E-state index contributed by atoms with van der Waals surface area (Å²) in [7, 11) is 0.